The van der Waals surface area contributed by atoms with Gasteiger partial charge in [0, 0.05) is 35.8 Å². The highest BCUT2D eigenvalue weighted by molar-refractivity contribution is 6.30. The van der Waals surface area contributed by atoms with Crippen LogP contribution in [0.25, 0.3) is 0 Å². The third-order valence-corrected chi connectivity index (χ3v) is 6.83. The predicted molar refractivity (Wildman–Crippen MR) is 126 cm³/mol. The minimum atomic E-state index is -4.84. The number of halogens is 6. The fourth-order valence-corrected chi connectivity index (χ4v) is 5.21. The lowest BCUT2D eigenvalue weighted by Crippen LogP contribution is -2.37. The molecule has 2 atom stereocenters. The fourth-order valence-electron chi connectivity index (χ4n) is 5.00. The number of rotatable bonds is 7. The molecule has 2 unspecified atom stereocenters. The molecule has 5 rings (SSSR count). The highest BCUT2D eigenvalue weighted by Gasteiger charge is 2.37. The summed E-state index contributed by atoms with van der Waals surface area (Å²) in [7, 11) is 0. The fraction of sp³-hybridized carbons (Fsp3) is 0.400. The lowest BCUT2D eigenvalue weighted by atomic mass is 9.97. The van der Waals surface area contributed by atoms with Gasteiger partial charge in [0.1, 0.15) is 23.4 Å². The van der Waals surface area contributed by atoms with Crippen molar-refractivity contribution in [1.29, 1.82) is 0 Å². The standard InChI is InChI=1S/C25H22ClF4NO4.ClH/c26-15-6-18(10-20(7-15)35-25(28,29)30)34-19-8-16-3-4-17(9-19)31(16)12-14-5-23(27)22(24(32)33)11-21(14)13-1-2-13;/h5-8,10-11,13,17,19H,1-4,9,12H2,(H,32,33);1H. The monoisotopic (exact) mass is 547 g/mol. The molecule has 194 valence electrons. The number of benzene rings is 2. The number of allylic oxidation sites excluding steroid dienone is 1. The van der Waals surface area contributed by atoms with Crippen LogP contribution in [0.1, 0.15) is 59.5 Å². The normalized spacial score (nSPS) is 21.0. The van der Waals surface area contributed by atoms with Crippen LogP contribution in [0, 0.1) is 5.82 Å². The smallest absolute Gasteiger partial charge is 0.486 e. The van der Waals surface area contributed by atoms with Crippen LogP contribution in [-0.4, -0.2) is 34.5 Å². The number of hydrogen-bond acceptors (Lipinski definition) is 4. The first-order valence-electron chi connectivity index (χ1n) is 11.3. The number of fused-ring (bicyclic) bond motifs is 2. The molecule has 2 heterocycles. The second-order valence-electron chi connectivity index (χ2n) is 9.15. The molecule has 0 amide bonds. The maximum absolute atomic E-state index is 14.5. The number of hydrogen-bond donors (Lipinski definition) is 1. The summed E-state index contributed by atoms with van der Waals surface area (Å²) in [6, 6.07) is 6.58. The molecule has 2 aromatic rings. The summed E-state index contributed by atoms with van der Waals surface area (Å²) in [6.45, 7) is 0.465. The molecule has 36 heavy (non-hydrogen) atoms. The van der Waals surface area contributed by atoms with Gasteiger partial charge in [-0.25, -0.2) is 9.18 Å². The molecule has 3 aliphatic rings. The van der Waals surface area contributed by atoms with E-state index in [9.17, 15) is 27.5 Å². The molecule has 0 aromatic heterocycles. The van der Waals surface area contributed by atoms with E-state index < -0.39 is 23.9 Å². The van der Waals surface area contributed by atoms with Gasteiger partial charge in [-0.05, 0) is 73.1 Å². The van der Waals surface area contributed by atoms with Gasteiger partial charge in [-0.2, -0.15) is 0 Å². The number of nitrogens with zero attached hydrogens (tertiary/aromatic N) is 1. The molecule has 5 nitrogen and oxygen atoms in total. The van der Waals surface area contributed by atoms with Crippen LogP contribution in [0.5, 0.6) is 11.5 Å². The van der Waals surface area contributed by atoms with Crippen LogP contribution in [0.3, 0.4) is 0 Å². The molecule has 2 fully saturated rings. The Hall–Kier alpha value is -2.65. The number of ether oxygens (including phenoxy) is 2. The van der Waals surface area contributed by atoms with E-state index in [4.69, 9.17) is 16.3 Å². The highest BCUT2D eigenvalue weighted by Crippen LogP contribution is 2.44. The van der Waals surface area contributed by atoms with Gasteiger partial charge in [0.05, 0.1) is 5.56 Å². The number of carboxylic acid groups (broad SMARTS) is 1. The van der Waals surface area contributed by atoms with Crippen LogP contribution >= 0.6 is 24.0 Å². The summed E-state index contributed by atoms with van der Waals surface area (Å²) in [5.41, 5.74) is 2.39. The Morgan fingerprint density at radius 2 is 1.83 bits per heavy atom. The van der Waals surface area contributed by atoms with Crippen LogP contribution in [0.2, 0.25) is 5.02 Å². The van der Waals surface area contributed by atoms with Gasteiger partial charge in [-0.3, -0.25) is 0 Å². The molecule has 1 N–H and O–H groups in total. The summed E-state index contributed by atoms with van der Waals surface area (Å²) in [5.74, 6) is -2.04. The van der Waals surface area contributed by atoms with E-state index in [2.05, 4.69) is 9.64 Å². The van der Waals surface area contributed by atoms with Crippen molar-refractivity contribution in [3.63, 3.8) is 0 Å². The van der Waals surface area contributed by atoms with Crippen molar-refractivity contribution in [1.82, 2.24) is 4.90 Å². The minimum Gasteiger partial charge on any atom is -0.486 e. The molecule has 1 saturated heterocycles. The third-order valence-electron chi connectivity index (χ3n) is 6.61. The second-order valence-corrected chi connectivity index (χ2v) is 9.59. The second kappa shape index (κ2) is 10.0. The lowest BCUT2D eigenvalue weighted by molar-refractivity contribution is -0.274. The van der Waals surface area contributed by atoms with Crippen molar-refractivity contribution < 1.29 is 36.9 Å². The minimum absolute atomic E-state index is 0. The van der Waals surface area contributed by atoms with E-state index in [1.807, 2.05) is 6.08 Å². The average molecular weight is 548 g/mol. The molecule has 2 aromatic carbocycles. The van der Waals surface area contributed by atoms with Gasteiger partial charge in [-0.1, -0.05) is 11.6 Å². The van der Waals surface area contributed by atoms with Crippen molar-refractivity contribution in [3.05, 3.63) is 69.6 Å². The van der Waals surface area contributed by atoms with Gasteiger partial charge in [0.15, 0.2) is 0 Å². The molecular formula is C25H23Cl2F4NO4. The van der Waals surface area contributed by atoms with Crippen LogP contribution in [-0.2, 0) is 6.54 Å². The average Bonchev–Trinajstić information content (AvgIpc) is 3.53. The number of carbonyl (C=O) groups is 1. The highest BCUT2D eigenvalue weighted by atomic mass is 35.5. The van der Waals surface area contributed by atoms with Crippen LogP contribution in [0.4, 0.5) is 17.6 Å². The van der Waals surface area contributed by atoms with Gasteiger partial charge < -0.3 is 19.5 Å². The first kappa shape index (κ1) is 26.4. The lowest BCUT2D eigenvalue weighted by Gasteiger charge is -2.35. The van der Waals surface area contributed by atoms with Gasteiger partial charge in [0.25, 0.3) is 0 Å². The van der Waals surface area contributed by atoms with Crippen molar-refractivity contribution in [2.24, 2.45) is 0 Å². The van der Waals surface area contributed by atoms with E-state index in [-0.39, 0.29) is 46.8 Å². The van der Waals surface area contributed by atoms with E-state index in [0.29, 0.717) is 13.0 Å². The van der Waals surface area contributed by atoms with E-state index in [1.165, 1.54) is 18.2 Å². The Bertz CT molecular complexity index is 1200. The molecule has 1 saturated carbocycles. The number of carboxylic acids is 1. The largest absolute Gasteiger partial charge is 0.573 e. The van der Waals surface area contributed by atoms with E-state index in [0.717, 1.165) is 54.6 Å². The van der Waals surface area contributed by atoms with E-state index in [1.54, 1.807) is 0 Å². The quantitative estimate of drug-likeness (QED) is 0.375. The molecule has 1 aliphatic carbocycles. The zero-order valence-corrected chi connectivity index (χ0v) is 20.4. The summed E-state index contributed by atoms with van der Waals surface area (Å²) >= 11 is 5.95. The molecule has 2 bridgehead atoms. The SMILES string of the molecule is Cl.O=C(O)c1cc(C2CC2)c(CN2C3=CC(Oc4cc(Cl)cc(OC(F)(F)F)c4)CC2CC3)cc1F. The van der Waals surface area contributed by atoms with Crippen LogP contribution in [0.15, 0.2) is 42.1 Å². The summed E-state index contributed by atoms with van der Waals surface area (Å²) in [5, 5.41) is 9.36. The maximum Gasteiger partial charge on any atom is 0.573 e. The van der Waals surface area contributed by atoms with Gasteiger partial charge >= 0.3 is 12.3 Å². The van der Waals surface area contributed by atoms with Crippen molar-refractivity contribution in [3.8, 4) is 11.5 Å². The summed E-state index contributed by atoms with van der Waals surface area (Å²) in [4.78, 5) is 13.6. The van der Waals surface area contributed by atoms with E-state index >= 15 is 0 Å². The molecule has 2 aliphatic heterocycles. The Balaban J connectivity index is 0.00000304. The van der Waals surface area contributed by atoms with Crippen molar-refractivity contribution in [2.75, 3.05) is 0 Å². The van der Waals surface area contributed by atoms with Gasteiger partial charge in [0.2, 0.25) is 0 Å². The first-order valence-corrected chi connectivity index (χ1v) is 11.7. The molecule has 0 radical (unpaired) electrons. The Labute approximate surface area is 216 Å². The van der Waals surface area contributed by atoms with Crippen molar-refractivity contribution in [2.45, 2.75) is 63.1 Å². The number of aromatic carboxylic acids is 1. The maximum atomic E-state index is 14.5. The Morgan fingerprint density at radius 3 is 2.47 bits per heavy atom. The molecular weight excluding hydrogens is 525 g/mol. The Morgan fingerprint density at radius 1 is 1.11 bits per heavy atom. The van der Waals surface area contributed by atoms with Gasteiger partial charge in [-0.15, -0.1) is 25.6 Å². The van der Waals surface area contributed by atoms with Crippen molar-refractivity contribution >= 4 is 30.0 Å². The zero-order chi connectivity index (χ0) is 24.9. The topological polar surface area (TPSA) is 59.0 Å². The molecule has 11 heteroatoms. The zero-order valence-electron chi connectivity index (χ0n) is 18.9. The van der Waals surface area contributed by atoms with Crippen LogP contribution < -0.4 is 9.47 Å². The third kappa shape index (κ3) is 5.83. The Kier molecular flexibility index (Phi) is 7.35. The summed E-state index contributed by atoms with van der Waals surface area (Å²) < 4.78 is 62.2. The molecule has 0 spiro atoms. The first-order chi connectivity index (χ1) is 16.6. The number of alkyl halides is 3. The summed E-state index contributed by atoms with van der Waals surface area (Å²) in [6.07, 6.45) is 0.928. The predicted octanol–water partition coefficient (Wildman–Crippen LogP) is 7.07.